The molecule has 0 radical (unpaired) electrons. The molecular formula is C9H10N2O3S. The van der Waals surface area contributed by atoms with Crippen LogP contribution in [0.5, 0.6) is 0 Å². The summed E-state index contributed by atoms with van der Waals surface area (Å²) in [5, 5.41) is 0. The highest BCUT2D eigenvalue weighted by atomic mass is 32.2. The van der Waals surface area contributed by atoms with E-state index in [0.29, 0.717) is 0 Å². The summed E-state index contributed by atoms with van der Waals surface area (Å²) in [6.45, 7) is 0.124. The minimum absolute atomic E-state index is 0.1000. The van der Waals surface area contributed by atoms with Crippen LogP contribution in [0.2, 0.25) is 0 Å². The van der Waals surface area contributed by atoms with Crippen molar-refractivity contribution in [3.63, 3.8) is 0 Å². The summed E-state index contributed by atoms with van der Waals surface area (Å²) in [6, 6.07) is 9.14. The largest absolute Gasteiger partial charge is 0.304 e. The van der Waals surface area contributed by atoms with Gasteiger partial charge in [0.15, 0.2) is 0 Å². The van der Waals surface area contributed by atoms with E-state index in [1.807, 2.05) is 35.1 Å². The van der Waals surface area contributed by atoms with Gasteiger partial charge in [-0.05, 0) is 5.56 Å². The van der Waals surface area contributed by atoms with E-state index in [-0.39, 0.29) is 13.1 Å². The van der Waals surface area contributed by atoms with Crippen molar-refractivity contribution < 1.29 is 13.2 Å². The van der Waals surface area contributed by atoms with Crippen LogP contribution in [0.4, 0.5) is 0 Å². The third-order valence-corrected chi connectivity index (χ3v) is 3.53. The van der Waals surface area contributed by atoms with Crippen LogP contribution in [0.1, 0.15) is 5.56 Å². The van der Waals surface area contributed by atoms with Crippen molar-refractivity contribution in [1.29, 1.82) is 0 Å². The number of hydrogen-bond acceptors (Lipinski definition) is 3. The molecule has 1 aliphatic rings. The van der Waals surface area contributed by atoms with E-state index in [1.54, 1.807) is 0 Å². The van der Waals surface area contributed by atoms with Gasteiger partial charge in [-0.3, -0.25) is 4.79 Å². The molecule has 0 unspecified atom stereocenters. The second kappa shape index (κ2) is 3.63. The summed E-state index contributed by atoms with van der Waals surface area (Å²) in [4.78, 5) is 10.9. The topological polar surface area (TPSA) is 66.5 Å². The molecule has 6 heteroatoms. The first-order valence-electron chi connectivity index (χ1n) is 4.42. The van der Waals surface area contributed by atoms with E-state index in [1.165, 1.54) is 0 Å². The van der Waals surface area contributed by atoms with Gasteiger partial charge in [0.2, 0.25) is 5.91 Å². The lowest BCUT2D eigenvalue weighted by Crippen LogP contribution is -2.29. The fraction of sp³-hybridized carbons (Fsp3) is 0.222. The highest BCUT2D eigenvalue weighted by molar-refractivity contribution is 7.88. The predicted octanol–water partition coefficient (Wildman–Crippen LogP) is -0.137. The molecule has 15 heavy (non-hydrogen) atoms. The molecule has 1 N–H and O–H groups in total. The normalized spacial score (nSPS) is 20.1. The molecule has 1 heterocycles. The minimum Gasteiger partial charge on any atom is -0.272 e. The van der Waals surface area contributed by atoms with Crippen molar-refractivity contribution >= 4 is 16.1 Å². The van der Waals surface area contributed by atoms with Gasteiger partial charge in [0.25, 0.3) is 0 Å². The number of hydrogen-bond donors (Lipinski definition) is 1. The minimum atomic E-state index is -3.60. The Kier molecular flexibility index (Phi) is 2.45. The van der Waals surface area contributed by atoms with Crippen LogP contribution in [0.3, 0.4) is 0 Å². The number of amides is 1. The van der Waals surface area contributed by atoms with Gasteiger partial charge >= 0.3 is 10.2 Å². The fourth-order valence-electron chi connectivity index (χ4n) is 1.41. The molecular weight excluding hydrogens is 216 g/mol. The smallest absolute Gasteiger partial charge is 0.272 e. The number of rotatable bonds is 2. The summed E-state index contributed by atoms with van der Waals surface area (Å²) < 4.78 is 25.8. The van der Waals surface area contributed by atoms with Gasteiger partial charge in [-0.25, -0.2) is 4.72 Å². The van der Waals surface area contributed by atoms with Crippen LogP contribution in [0.25, 0.3) is 0 Å². The van der Waals surface area contributed by atoms with Gasteiger partial charge in [0, 0.05) is 6.54 Å². The monoisotopic (exact) mass is 226 g/mol. The fourth-order valence-corrected chi connectivity index (χ4v) is 2.50. The van der Waals surface area contributed by atoms with Crippen molar-refractivity contribution in [3.8, 4) is 0 Å². The van der Waals surface area contributed by atoms with Crippen LogP contribution in [-0.4, -0.2) is 25.2 Å². The van der Waals surface area contributed by atoms with Crippen molar-refractivity contribution in [3.05, 3.63) is 35.9 Å². The Bertz CT molecular complexity index is 469. The van der Waals surface area contributed by atoms with E-state index < -0.39 is 16.1 Å². The van der Waals surface area contributed by atoms with Crippen LogP contribution in [0, 0.1) is 0 Å². The summed E-state index contributed by atoms with van der Waals surface area (Å²) in [5.74, 6) is -0.481. The van der Waals surface area contributed by atoms with Crippen LogP contribution in [0.15, 0.2) is 30.3 Å². The van der Waals surface area contributed by atoms with Crippen LogP contribution >= 0.6 is 0 Å². The first-order chi connectivity index (χ1) is 7.08. The van der Waals surface area contributed by atoms with Crippen LogP contribution in [-0.2, 0) is 21.5 Å². The summed E-state index contributed by atoms with van der Waals surface area (Å²) in [6.07, 6.45) is 0. The Morgan fingerprint density at radius 1 is 1.27 bits per heavy atom. The van der Waals surface area contributed by atoms with Crippen molar-refractivity contribution in [1.82, 2.24) is 9.03 Å². The van der Waals surface area contributed by atoms with Crippen molar-refractivity contribution in [2.24, 2.45) is 0 Å². The summed E-state index contributed by atoms with van der Waals surface area (Å²) in [7, 11) is -3.60. The number of nitrogens with zero attached hydrogens (tertiary/aromatic N) is 1. The first kappa shape index (κ1) is 10.1. The number of carbonyl (C=O) groups excluding carboxylic acids is 1. The van der Waals surface area contributed by atoms with E-state index in [2.05, 4.69) is 0 Å². The molecule has 0 saturated carbocycles. The second-order valence-corrected chi connectivity index (χ2v) is 4.95. The molecule has 80 valence electrons. The zero-order chi connectivity index (χ0) is 10.9. The highest BCUT2D eigenvalue weighted by Crippen LogP contribution is 2.11. The Morgan fingerprint density at radius 2 is 1.93 bits per heavy atom. The summed E-state index contributed by atoms with van der Waals surface area (Å²) >= 11 is 0. The molecule has 1 amide bonds. The van der Waals surface area contributed by atoms with E-state index >= 15 is 0 Å². The standard InChI is InChI=1S/C9H10N2O3S/c12-9-7-11(15(13,14)10-9)6-8-4-2-1-3-5-8/h1-5H,6-7H2,(H,10,12). The SMILES string of the molecule is O=C1CN(Cc2ccccc2)S(=O)(=O)N1. The molecule has 0 aliphatic carbocycles. The third-order valence-electron chi connectivity index (χ3n) is 2.10. The molecule has 1 saturated heterocycles. The quantitative estimate of drug-likeness (QED) is 0.763. The first-order valence-corrected chi connectivity index (χ1v) is 5.86. The number of carbonyl (C=O) groups is 1. The van der Waals surface area contributed by atoms with E-state index in [9.17, 15) is 13.2 Å². The third kappa shape index (κ3) is 2.16. The van der Waals surface area contributed by atoms with Gasteiger partial charge < -0.3 is 0 Å². The Labute approximate surface area is 87.9 Å². The van der Waals surface area contributed by atoms with Gasteiger partial charge in [0.1, 0.15) is 0 Å². The van der Waals surface area contributed by atoms with Gasteiger partial charge in [-0.1, -0.05) is 30.3 Å². The van der Waals surface area contributed by atoms with Crippen LogP contribution < -0.4 is 4.72 Å². The number of nitrogens with one attached hydrogen (secondary N) is 1. The molecule has 1 aliphatic heterocycles. The molecule has 0 spiro atoms. The second-order valence-electron chi connectivity index (χ2n) is 3.28. The van der Waals surface area contributed by atoms with E-state index in [0.717, 1.165) is 9.87 Å². The maximum absolute atomic E-state index is 11.4. The van der Waals surface area contributed by atoms with Gasteiger partial charge in [0.05, 0.1) is 6.54 Å². The predicted molar refractivity (Wildman–Crippen MR) is 53.9 cm³/mol. The molecule has 0 atom stereocenters. The molecule has 0 aromatic heterocycles. The molecule has 2 rings (SSSR count). The number of benzene rings is 1. The average molecular weight is 226 g/mol. The molecule has 1 aromatic rings. The Morgan fingerprint density at radius 3 is 2.47 bits per heavy atom. The maximum atomic E-state index is 11.4. The lowest BCUT2D eigenvalue weighted by molar-refractivity contribution is -0.118. The molecule has 1 aromatic carbocycles. The molecule has 1 fully saturated rings. The Hall–Kier alpha value is -1.40. The Balaban J connectivity index is 2.17. The maximum Gasteiger partial charge on any atom is 0.304 e. The molecule has 0 bridgehead atoms. The van der Waals surface area contributed by atoms with Crippen molar-refractivity contribution in [2.75, 3.05) is 6.54 Å². The van der Waals surface area contributed by atoms with Gasteiger partial charge in [-0.15, -0.1) is 0 Å². The zero-order valence-corrected chi connectivity index (χ0v) is 8.70. The van der Waals surface area contributed by atoms with Crippen molar-refractivity contribution in [2.45, 2.75) is 6.54 Å². The van der Waals surface area contributed by atoms with E-state index in [4.69, 9.17) is 0 Å². The molecule has 5 nitrogen and oxygen atoms in total. The highest BCUT2D eigenvalue weighted by Gasteiger charge is 2.33. The lowest BCUT2D eigenvalue weighted by Gasteiger charge is -2.11. The lowest BCUT2D eigenvalue weighted by atomic mass is 10.2. The zero-order valence-electron chi connectivity index (χ0n) is 7.88. The average Bonchev–Trinajstić information content (AvgIpc) is 2.41. The summed E-state index contributed by atoms with van der Waals surface area (Å²) in [5.41, 5.74) is 0.859. The van der Waals surface area contributed by atoms with Gasteiger partial charge in [-0.2, -0.15) is 12.7 Å².